The van der Waals surface area contributed by atoms with E-state index in [-0.39, 0.29) is 0 Å². The summed E-state index contributed by atoms with van der Waals surface area (Å²) in [6, 6.07) is 2.48. The van der Waals surface area contributed by atoms with E-state index in [1.807, 2.05) is 16.1 Å². The summed E-state index contributed by atoms with van der Waals surface area (Å²) in [6.45, 7) is 0. The van der Waals surface area contributed by atoms with Crippen LogP contribution in [0.4, 0.5) is 0 Å². The molecule has 0 aliphatic heterocycles. The molecule has 0 amide bonds. The number of hydrogen-bond donors (Lipinski definition) is 0. The first-order chi connectivity index (χ1) is 9.92. The highest BCUT2D eigenvalue weighted by Gasteiger charge is 2.22. The van der Waals surface area contributed by atoms with Crippen molar-refractivity contribution in [1.29, 1.82) is 0 Å². The van der Waals surface area contributed by atoms with Crippen LogP contribution in [0.1, 0.15) is 31.7 Å². The van der Waals surface area contributed by atoms with Gasteiger partial charge >= 0.3 is 0 Å². The quantitative estimate of drug-likeness (QED) is 0.693. The normalized spacial score (nSPS) is 16.2. The Balaban J connectivity index is 1.69. The van der Waals surface area contributed by atoms with Crippen molar-refractivity contribution in [2.75, 3.05) is 0 Å². The molecule has 1 saturated carbocycles. The number of hydrogen-bond acceptors (Lipinski definition) is 7. The monoisotopic (exact) mass is 304 g/mol. The second-order valence-corrected chi connectivity index (χ2v) is 6.62. The average Bonchev–Trinajstić information content (AvgIpc) is 3.20. The molecule has 20 heavy (non-hydrogen) atoms. The SMILES string of the molecule is c1nc(Sc2nnnn2C2CCCC2)c2ccsc2n1. The number of aromatic nitrogens is 6. The van der Waals surface area contributed by atoms with Gasteiger partial charge in [0, 0.05) is 5.39 Å². The smallest absolute Gasteiger partial charge is 0.215 e. The molecule has 0 saturated heterocycles. The van der Waals surface area contributed by atoms with Crippen LogP contribution >= 0.6 is 23.1 Å². The van der Waals surface area contributed by atoms with Crippen LogP contribution in [-0.2, 0) is 0 Å². The molecule has 1 fully saturated rings. The zero-order valence-electron chi connectivity index (χ0n) is 10.6. The van der Waals surface area contributed by atoms with E-state index in [1.54, 1.807) is 17.7 Å². The fraction of sp³-hybridized carbons (Fsp3) is 0.417. The maximum atomic E-state index is 4.37. The van der Waals surface area contributed by atoms with E-state index in [4.69, 9.17) is 0 Å². The largest absolute Gasteiger partial charge is 0.229 e. The van der Waals surface area contributed by atoms with Gasteiger partial charge in [0.2, 0.25) is 5.16 Å². The van der Waals surface area contributed by atoms with E-state index in [0.29, 0.717) is 6.04 Å². The van der Waals surface area contributed by atoms with E-state index in [1.165, 1.54) is 24.6 Å². The number of rotatable bonds is 3. The first kappa shape index (κ1) is 12.2. The van der Waals surface area contributed by atoms with Crippen molar-refractivity contribution in [2.24, 2.45) is 0 Å². The first-order valence-electron chi connectivity index (χ1n) is 6.56. The predicted molar refractivity (Wildman–Crippen MR) is 76.9 cm³/mol. The van der Waals surface area contributed by atoms with Gasteiger partial charge in [0.25, 0.3) is 0 Å². The second-order valence-electron chi connectivity index (χ2n) is 4.76. The van der Waals surface area contributed by atoms with Gasteiger partial charge in [0.15, 0.2) is 0 Å². The first-order valence-corrected chi connectivity index (χ1v) is 8.25. The van der Waals surface area contributed by atoms with Crippen molar-refractivity contribution >= 4 is 33.3 Å². The minimum atomic E-state index is 0.437. The molecule has 1 aliphatic carbocycles. The van der Waals surface area contributed by atoms with Gasteiger partial charge in [-0.05, 0) is 46.5 Å². The molecule has 1 aliphatic rings. The molecule has 0 atom stereocenters. The zero-order valence-corrected chi connectivity index (χ0v) is 12.3. The molecule has 3 aromatic rings. The van der Waals surface area contributed by atoms with Gasteiger partial charge in [-0.15, -0.1) is 16.4 Å². The number of tetrazole rings is 1. The van der Waals surface area contributed by atoms with E-state index in [2.05, 4.69) is 25.5 Å². The molecule has 102 valence electrons. The fourth-order valence-electron chi connectivity index (χ4n) is 2.57. The molecule has 0 aromatic carbocycles. The molecule has 0 spiro atoms. The Morgan fingerprint density at radius 3 is 3.05 bits per heavy atom. The predicted octanol–water partition coefficient (Wildman–Crippen LogP) is 2.94. The maximum Gasteiger partial charge on any atom is 0.215 e. The van der Waals surface area contributed by atoms with Gasteiger partial charge < -0.3 is 0 Å². The van der Waals surface area contributed by atoms with Gasteiger partial charge in [0.1, 0.15) is 16.2 Å². The third-order valence-electron chi connectivity index (χ3n) is 3.55. The van der Waals surface area contributed by atoms with Gasteiger partial charge in [-0.3, -0.25) is 0 Å². The van der Waals surface area contributed by atoms with Gasteiger partial charge in [-0.2, -0.15) is 0 Å². The molecular formula is C12H12N6S2. The average molecular weight is 304 g/mol. The van der Waals surface area contributed by atoms with Crippen LogP contribution in [0.2, 0.25) is 0 Å². The molecule has 4 rings (SSSR count). The summed E-state index contributed by atoms with van der Waals surface area (Å²) < 4.78 is 1.96. The summed E-state index contributed by atoms with van der Waals surface area (Å²) in [5, 5.41) is 17.0. The third-order valence-corrected chi connectivity index (χ3v) is 5.34. The zero-order chi connectivity index (χ0) is 13.4. The highest BCUT2D eigenvalue weighted by atomic mass is 32.2. The van der Waals surface area contributed by atoms with E-state index < -0.39 is 0 Å². The van der Waals surface area contributed by atoms with Crippen molar-refractivity contribution in [3.63, 3.8) is 0 Å². The lowest BCUT2D eigenvalue weighted by molar-refractivity contribution is 0.423. The summed E-state index contributed by atoms with van der Waals surface area (Å²) in [5.74, 6) is 0. The molecular weight excluding hydrogens is 292 g/mol. The Labute approximate surface area is 123 Å². The Kier molecular flexibility index (Phi) is 3.12. The lowest BCUT2D eigenvalue weighted by Crippen LogP contribution is -2.08. The minimum Gasteiger partial charge on any atom is -0.229 e. The Bertz CT molecular complexity index is 730. The van der Waals surface area contributed by atoms with E-state index in [9.17, 15) is 0 Å². The van der Waals surface area contributed by atoms with Crippen LogP contribution in [0.25, 0.3) is 10.2 Å². The Morgan fingerprint density at radius 1 is 1.25 bits per heavy atom. The molecule has 0 unspecified atom stereocenters. The highest BCUT2D eigenvalue weighted by Crippen LogP contribution is 2.35. The van der Waals surface area contributed by atoms with Crippen LogP contribution in [0.15, 0.2) is 28.0 Å². The molecule has 0 radical (unpaired) electrons. The molecule has 6 nitrogen and oxygen atoms in total. The lowest BCUT2D eigenvalue weighted by Gasteiger charge is -2.10. The van der Waals surface area contributed by atoms with Crippen LogP contribution in [0, 0.1) is 0 Å². The van der Waals surface area contributed by atoms with Crippen molar-refractivity contribution in [1.82, 2.24) is 30.2 Å². The van der Waals surface area contributed by atoms with Gasteiger partial charge in [0.05, 0.1) is 6.04 Å². The number of fused-ring (bicyclic) bond motifs is 1. The van der Waals surface area contributed by atoms with E-state index >= 15 is 0 Å². The van der Waals surface area contributed by atoms with Crippen LogP contribution in [0.3, 0.4) is 0 Å². The van der Waals surface area contributed by atoms with Crippen molar-refractivity contribution in [2.45, 2.75) is 41.9 Å². The standard InChI is InChI=1S/C12H12N6S2/c1-2-4-8(3-1)18-12(15-16-17-18)20-11-9-5-6-19-10(9)13-7-14-11/h5-8H,1-4H2. The van der Waals surface area contributed by atoms with Crippen LogP contribution < -0.4 is 0 Å². The Morgan fingerprint density at radius 2 is 2.15 bits per heavy atom. The Hall–Kier alpha value is -1.54. The summed E-state index contributed by atoms with van der Waals surface area (Å²) in [6.07, 6.45) is 6.45. The van der Waals surface area contributed by atoms with Crippen LogP contribution in [0.5, 0.6) is 0 Å². The minimum absolute atomic E-state index is 0.437. The summed E-state index contributed by atoms with van der Waals surface area (Å²) in [4.78, 5) is 9.64. The second kappa shape index (κ2) is 5.10. The van der Waals surface area contributed by atoms with E-state index in [0.717, 1.165) is 33.2 Å². The topological polar surface area (TPSA) is 69.4 Å². The number of nitrogens with zero attached hydrogens (tertiary/aromatic N) is 6. The lowest BCUT2D eigenvalue weighted by atomic mass is 10.3. The molecule has 0 bridgehead atoms. The molecule has 0 N–H and O–H groups in total. The molecule has 3 aromatic heterocycles. The van der Waals surface area contributed by atoms with Crippen LogP contribution in [-0.4, -0.2) is 30.2 Å². The summed E-state index contributed by atoms with van der Waals surface area (Å²) in [5.41, 5.74) is 0. The third kappa shape index (κ3) is 2.08. The fourth-order valence-corrected chi connectivity index (χ4v) is 4.27. The molecule has 8 heteroatoms. The van der Waals surface area contributed by atoms with Crippen molar-refractivity contribution < 1.29 is 0 Å². The van der Waals surface area contributed by atoms with Crippen molar-refractivity contribution in [3.8, 4) is 0 Å². The maximum absolute atomic E-state index is 4.37. The molecule has 3 heterocycles. The van der Waals surface area contributed by atoms with Gasteiger partial charge in [-0.25, -0.2) is 14.6 Å². The summed E-state index contributed by atoms with van der Waals surface area (Å²) in [7, 11) is 0. The van der Waals surface area contributed by atoms with Gasteiger partial charge in [-0.1, -0.05) is 12.8 Å². The van der Waals surface area contributed by atoms with Crippen molar-refractivity contribution in [3.05, 3.63) is 17.8 Å². The number of thiophene rings is 1. The summed E-state index contributed by atoms with van der Waals surface area (Å²) >= 11 is 3.14. The highest BCUT2D eigenvalue weighted by molar-refractivity contribution is 7.99.